The molecular weight excluding hydrogens is 457 g/mol. The van der Waals surface area contributed by atoms with Gasteiger partial charge in [-0.15, -0.1) is 0 Å². The molecule has 3 aromatic carbocycles. The minimum absolute atomic E-state index is 0.0263. The Morgan fingerprint density at radius 3 is 2.52 bits per heavy atom. The molecule has 33 heavy (non-hydrogen) atoms. The third-order valence-electron chi connectivity index (χ3n) is 4.93. The zero-order valence-corrected chi connectivity index (χ0v) is 17.8. The van der Waals surface area contributed by atoms with Gasteiger partial charge < -0.3 is 5.11 Å². The molecule has 6 nitrogen and oxygen atoms in total. The van der Waals surface area contributed by atoms with Gasteiger partial charge in [0.05, 0.1) is 34.3 Å². The summed E-state index contributed by atoms with van der Waals surface area (Å²) in [4.78, 5) is 12.5. The quantitative estimate of drug-likeness (QED) is 0.305. The molecule has 1 amide bonds. The second kappa shape index (κ2) is 8.59. The Labute approximate surface area is 190 Å². The summed E-state index contributed by atoms with van der Waals surface area (Å²) >= 11 is 6.33. The number of amides is 1. The third-order valence-corrected chi connectivity index (χ3v) is 5.30. The zero-order chi connectivity index (χ0) is 23.8. The van der Waals surface area contributed by atoms with Crippen molar-refractivity contribution in [2.75, 3.05) is 0 Å². The van der Waals surface area contributed by atoms with Gasteiger partial charge in [0.15, 0.2) is 0 Å². The van der Waals surface area contributed by atoms with Crippen LogP contribution in [0, 0.1) is 6.92 Å². The number of aryl methyl sites for hydroxylation is 1. The van der Waals surface area contributed by atoms with Crippen LogP contribution >= 0.6 is 11.6 Å². The van der Waals surface area contributed by atoms with E-state index in [2.05, 4.69) is 15.6 Å². The van der Waals surface area contributed by atoms with Gasteiger partial charge in [-0.3, -0.25) is 4.79 Å². The van der Waals surface area contributed by atoms with Gasteiger partial charge in [-0.1, -0.05) is 41.9 Å². The van der Waals surface area contributed by atoms with E-state index >= 15 is 0 Å². The predicted molar refractivity (Wildman–Crippen MR) is 119 cm³/mol. The number of hydrogen-bond acceptors (Lipinski definition) is 4. The van der Waals surface area contributed by atoms with Crippen LogP contribution in [0.25, 0.3) is 16.5 Å². The molecule has 0 aliphatic carbocycles. The summed E-state index contributed by atoms with van der Waals surface area (Å²) in [5.74, 6) is -0.846. The van der Waals surface area contributed by atoms with Crippen molar-refractivity contribution < 1.29 is 23.1 Å². The fourth-order valence-corrected chi connectivity index (χ4v) is 3.59. The maximum atomic E-state index is 13.0. The SMILES string of the molecule is Cc1nn(-c2cccc(C(F)(F)F)c2)c(Cl)c1C=NNC(=O)c1cc2ccccc2cc1O. The number of aromatic hydroxyl groups is 1. The summed E-state index contributed by atoms with van der Waals surface area (Å²) in [5, 5.41) is 19.8. The highest BCUT2D eigenvalue weighted by Crippen LogP contribution is 2.31. The second-order valence-electron chi connectivity index (χ2n) is 7.17. The zero-order valence-electron chi connectivity index (χ0n) is 17.1. The number of aromatic nitrogens is 2. The van der Waals surface area contributed by atoms with Crippen LogP contribution in [0.3, 0.4) is 0 Å². The molecule has 0 atom stereocenters. The van der Waals surface area contributed by atoms with E-state index in [0.29, 0.717) is 11.3 Å². The monoisotopic (exact) mass is 472 g/mol. The number of nitrogens with zero attached hydrogens (tertiary/aromatic N) is 3. The first-order valence-corrected chi connectivity index (χ1v) is 10.0. The number of phenolic OH excluding ortho intramolecular Hbond substituents is 1. The fourth-order valence-electron chi connectivity index (χ4n) is 3.27. The lowest BCUT2D eigenvalue weighted by Gasteiger charge is -2.09. The lowest BCUT2D eigenvalue weighted by atomic mass is 10.1. The van der Waals surface area contributed by atoms with Crippen LogP contribution in [0.15, 0.2) is 65.8 Å². The molecule has 0 radical (unpaired) electrons. The van der Waals surface area contributed by atoms with Gasteiger partial charge in [0.1, 0.15) is 10.9 Å². The lowest BCUT2D eigenvalue weighted by molar-refractivity contribution is -0.137. The Balaban J connectivity index is 1.57. The summed E-state index contributed by atoms with van der Waals surface area (Å²) in [6.07, 6.45) is -3.27. The number of hydrazone groups is 1. The standard InChI is InChI=1S/C23H16ClF3N4O2/c1-13-19(21(24)31(30-13)17-8-4-7-16(11-17)23(25,26)27)12-28-29-22(33)18-9-14-5-2-3-6-15(14)10-20(18)32/h2-12,32H,1H3,(H,29,33). The van der Waals surface area contributed by atoms with E-state index in [4.69, 9.17) is 11.6 Å². The molecule has 0 bridgehead atoms. The number of halogens is 4. The number of carbonyl (C=O) groups is 1. The van der Waals surface area contributed by atoms with Gasteiger partial charge in [0, 0.05) is 0 Å². The first-order chi connectivity index (χ1) is 15.6. The molecule has 0 spiro atoms. The van der Waals surface area contributed by atoms with E-state index in [9.17, 15) is 23.1 Å². The number of alkyl halides is 3. The first kappa shape index (κ1) is 22.3. The summed E-state index contributed by atoms with van der Waals surface area (Å²) in [6.45, 7) is 1.61. The molecule has 1 heterocycles. The molecule has 1 aromatic heterocycles. The maximum absolute atomic E-state index is 13.0. The van der Waals surface area contributed by atoms with Crippen molar-refractivity contribution in [3.05, 3.63) is 88.2 Å². The molecule has 0 saturated carbocycles. The Bertz CT molecular complexity index is 1400. The van der Waals surface area contributed by atoms with Crippen LogP contribution in [0.2, 0.25) is 5.15 Å². The Hall–Kier alpha value is -3.85. The van der Waals surface area contributed by atoms with Crippen molar-refractivity contribution in [1.29, 1.82) is 0 Å². The minimum atomic E-state index is -4.51. The van der Waals surface area contributed by atoms with Crippen molar-refractivity contribution >= 4 is 34.5 Å². The van der Waals surface area contributed by atoms with E-state index in [0.717, 1.165) is 27.6 Å². The average Bonchev–Trinajstić information content (AvgIpc) is 3.06. The molecule has 0 saturated heterocycles. The van der Waals surface area contributed by atoms with E-state index in [-0.39, 0.29) is 22.2 Å². The van der Waals surface area contributed by atoms with Crippen molar-refractivity contribution in [2.45, 2.75) is 13.1 Å². The van der Waals surface area contributed by atoms with E-state index in [1.807, 2.05) is 18.2 Å². The molecule has 168 valence electrons. The summed E-state index contributed by atoms with van der Waals surface area (Å²) in [6, 6.07) is 14.9. The predicted octanol–water partition coefficient (Wildman–Crippen LogP) is 5.48. The molecule has 4 aromatic rings. The van der Waals surface area contributed by atoms with Gasteiger partial charge in [-0.05, 0) is 48.0 Å². The molecule has 10 heteroatoms. The summed E-state index contributed by atoms with van der Waals surface area (Å²) in [7, 11) is 0. The van der Waals surface area contributed by atoms with Crippen LogP contribution in [0.5, 0.6) is 5.75 Å². The van der Waals surface area contributed by atoms with Gasteiger partial charge in [-0.2, -0.15) is 23.4 Å². The van der Waals surface area contributed by atoms with E-state index in [1.165, 1.54) is 24.4 Å². The maximum Gasteiger partial charge on any atom is 0.416 e. The molecule has 2 N–H and O–H groups in total. The van der Waals surface area contributed by atoms with Crippen LogP contribution in [0.4, 0.5) is 13.2 Å². The fraction of sp³-hybridized carbons (Fsp3) is 0.0870. The number of rotatable bonds is 4. The van der Waals surface area contributed by atoms with Crippen LogP contribution in [0.1, 0.15) is 27.2 Å². The lowest BCUT2D eigenvalue weighted by Crippen LogP contribution is -2.17. The molecular formula is C23H16ClF3N4O2. The van der Waals surface area contributed by atoms with Crippen molar-refractivity contribution in [3.63, 3.8) is 0 Å². The molecule has 0 aliphatic heterocycles. The summed E-state index contributed by atoms with van der Waals surface area (Å²) < 4.78 is 40.2. The van der Waals surface area contributed by atoms with Gasteiger partial charge in [0.2, 0.25) is 0 Å². The number of hydrogen-bond donors (Lipinski definition) is 2. The normalized spacial score (nSPS) is 11.9. The highest BCUT2D eigenvalue weighted by atomic mass is 35.5. The average molecular weight is 473 g/mol. The van der Waals surface area contributed by atoms with Crippen LogP contribution in [-0.4, -0.2) is 27.0 Å². The number of carbonyl (C=O) groups excluding carboxylic acids is 1. The number of nitrogens with one attached hydrogen (secondary N) is 1. The molecule has 4 rings (SSSR count). The number of benzene rings is 3. The topological polar surface area (TPSA) is 79.5 Å². The highest BCUT2D eigenvalue weighted by Gasteiger charge is 2.30. The summed E-state index contributed by atoms with van der Waals surface area (Å²) in [5.41, 5.74) is 2.35. The first-order valence-electron chi connectivity index (χ1n) is 9.63. The largest absolute Gasteiger partial charge is 0.507 e. The molecule has 0 aliphatic rings. The van der Waals surface area contributed by atoms with Crippen molar-refractivity contribution in [1.82, 2.24) is 15.2 Å². The van der Waals surface area contributed by atoms with Crippen LogP contribution < -0.4 is 5.43 Å². The minimum Gasteiger partial charge on any atom is -0.507 e. The van der Waals surface area contributed by atoms with Gasteiger partial charge in [0.25, 0.3) is 5.91 Å². The van der Waals surface area contributed by atoms with Gasteiger partial charge >= 0.3 is 6.18 Å². The smallest absolute Gasteiger partial charge is 0.416 e. The number of fused-ring (bicyclic) bond motifs is 1. The Morgan fingerprint density at radius 2 is 1.82 bits per heavy atom. The van der Waals surface area contributed by atoms with E-state index in [1.54, 1.807) is 19.1 Å². The molecule has 0 fully saturated rings. The Kier molecular flexibility index (Phi) is 5.82. The number of phenols is 1. The van der Waals surface area contributed by atoms with Gasteiger partial charge in [-0.25, -0.2) is 10.1 Å². The van der Waals surface area contributed by atoms with E-state index < -0.39 is 17.6 Å². The van der Waals surface area contributed by atoms with Crippen molar-refractivity contribution in [2.24, 2.45) is 5.10 Å². The van der Waals surface area contributed by atoms with Crippen molar-refractivity contribution in [3.8, 4) is 11.4 Å². The third kappa shape index (κ3) is 4.54. The second-order valence-corrected chi connectivity index (χ2v) is 7.52. The highest BCUT2D eigenvalue weighted by molar-refractivity contribution is 6.32. The van der Waals surface area contributed by atoms with Crippen LogP contribution in [-0.2, 0) is 6.18 Å². The Morgan fingerprint density at radius 1 is 1.12 bits per heavy atom. The molecule has 0 unspecified atom stereocenters.